The van der Waals surface area contributed by atoms with Gasteiger partial charge in [-0.25, -0.2) is 0 Å². The largest absolute Gasteiger partial charge is 0.394 e. The van der Waals surface area contributed by atoms with E-state index in [-0.39, 0.29) is 18.2 Å². The number of rotatable bonds is 2. The number of hydrogen-bond acceptors (Lipinski definition) is 3. The number of nitrogens with zero attached hydrogens (tertiary/aromatic N) is 1. The minimum atomic E-state index is -0.144. The molecule has 0 aromatic carbocycles. The smallest absolute Gasteiger partial charge is 0.0901 e. The van der Waals surface area contributed by atoms with Crippen molar-refractivity contribution in [3.8, 4) is 0 Å². The fourth-order valence-corrected chi connectivity index (χ4v) is 1.34. The Labute approximate surface area is 61.6 Å². The number of aliphatic hydroxyl groups is 1. The van der Waals surface area contributed by atoms with Gasteiger partial charge in [0.1, 0.15) is 0 Å². The van der Waals surface area contributed by atoms with Gasteiger partial charge >= 0.3 is 0 Å². The summed E-state index contributed by atoms with van der Waals surface area (Å²) in [4.78, 5) is 2.10. The normalized spacial score (nSPS) is 41.4. The molecular formula is C7H15NO2. The molecule has 1 aliphatic rings. The third-order valence-corrected chi connectivity index (χ3v) is 2.61. The highest BCUT2D eigenvalue weighted by molar-refractivity contribution is 5.02. The molecule has 3 nitrogen and oxygen atoms in total. The SMILES string of the molecule is COC1CN(C)C1(C)CO. The average Bonchev–Trinajstić information content (AvgIpc) is 1.98. The van der Waals surface area contributed by atoms with Crippen LogP contribution in [0, 0.1) is 0 Å². The van der Waals surface area contributed by atoms with E-state index in [0.717, 1.165) is 6.54 Å². The molecule has 1 fully saturated rings. The van der Waals surface area contributed by atoms with Crippen molar-refractivity contribution in [1.29, 1.82) is 0 Å². The number of ether oxygens (including phenoxy) is 1. The monoisotopic (exact) mass is 145 g/mol. The molecule has 0 spiro atoms. The van der Waals surface area contributed by atoms with E-state index >= 15 is 0 Å². The lowest BCUT2D eigenvalue weighted by Crippen LogP contribution is -2.69. The van der Waals surface area contributed by atoms with E-state index in [0.29, 0.717) is 0 Å². The van der Waals surface area contributed by atoms with Gasteiger partial charge in [-0.05, 0) is 14.0 Å². The summed E-state index contributed by atoms with van der Waals surface area (Å²) in [5.41, 5.74) is -0.144. The van der Waals surface area contributed by atoms with E-state index in [1.54, 1.807) is 7.11 Å². The molecule has 0 aromatic rings. The van der Waals surface area contributed by atoms with E-state index < -0.39 is 0 Å². The molecular weight excluding hydrogens is 130 g/mol. The minimum Gasteiger partial charge on any atom is -0.394 e. The zero-order valence-corrected chi connectivity index (χ0v) is 6.79. The lowest BCUT2D eigenvalue weighted by molar-refractivity contribution is -0.150. The van der Waals surface area contributed by atoms with Crippen molar-refractivity contribution in [2.75, 3.05) is 27.3 Å². The quantitative estimate of drug-likeness (QED) is 0.579. The number of aliphatic hydroxyl groups excluding tert-OH is 1. The van der Waals surface area contributed by atoms with Crippen LogP contribution in [0.15, 0.2) is 0 Å². The first-order chi connectivity index (χ1) is 4.65. The van der Waals surface area contributed by atoms with Crippen LogP contribution in [0.2, 0.25) is 0 Å². The molecule has 0 radical (unpaired) electrons. The Morgan fingerprint density at radius 1 is 1.80 bits per heavy atom. The molecule has 3 heteroatoms. The van der Waals surface area contributed by atoms with Gasteiger partial charge in [-0.3, -0.25) is 4.90 Å². The third-order valence-electron chi connectivity index (χ3n) is 2.61. The van der Waals surface area contributed by atoms with Gasteiger partial charge in [-0.15, -0.1) is 0 Å². The zero-order chi connectivity index (χ0) is 7.78. The summed E-state index contributed by atoms with van der Waals surface area (Å²) in [5.74, 6) is 0. The van der Waals surface area contributed by atoms with Gasteiger partial charge < -0.3 is 9.84 Å². The van der Waals surface area contributed by atoms with Crippen molar-refractivity contribution < 1.29 is 9.84 Å². The van der Waals surface area contributed by atoms with Crippen LogP contribution in [0.25, 0.3) is 0 Å². The molecule has 1 saturated heterocycles. The van der Waals surface area contributed by atoms with Crippen LogP contribution < -0.4 is 0 Å². The summed E-state index contributed by atoms with van der Waals surface area (Å²) in [6, 6.07) is 0. The molecule has 0 aliphatic carbocycles. The van der Waals surface area contributed by atoms with E-state index in [9.17, 15) is 0 Å². The summed E-state index contributed by atoms with van der Waals surface area (Å²) < 4.78 is 5.16. The van der Waals surface area contributed by atoms with Crippen molar-refractivity contribution >= 4 is 0 Å². The molecule has 1 heterocycles. The highest BCUT2D eigenvalue weighted by Gasteiger charge is 2.47. The fourth-order valence-electron chi connectivity index (χ4n) is 1.34. The van der Waals surface area contributed by atoms with Crippen molar-refractivity contribution in [3.05, 3.63) is 0 Å². The molecule has 0 aromatic heterocycles. The Bertz CT molecular complexity index is 129. The van der Waals surface area contributed by atoms with Crippen molar-refractivity contribution in [2.24, 2.45) is 0 Å². The maximum absolute atomic E-state index is 9.00. The topological polar surface area (TPSA) is 32.7 Å². The Balaban J connectivity index is 2.54. The van der Waals surface area contributed by atoms with Gasteiger partial charge in [-0.2, -0.15) is 0 Å². The van der Waals surface area contributed by atoms with Crippen molar-refractivity contribution in [2.45, 2.75) is 18.6 Å². The molecule has 0 bridgehead atoms. The second-order valence-electron chi connectivity index (χ2n) is 3.12. The summed E-state index contributed by atoms with van der Waals surface area (Å²) in [6.07, 6.45) is 0.197. The van der Waals surface area contributed by atoms with Gasteiger partial charge in [0, 0.05) is 13.7 Å². The maximum Gasteiger partial charge on any atom is 0.0901 e. The van der Waals surface area contributed by atoms with Gasteiger partial charge in [0.25, 0.3) is 0 Å². The number of likely N-dealkylation sites (tertiary alicyclic amines) is 1. The standard InChI is InChI=1S/C7H15NO2/c1-7(5-9)6(10-3)4-8(7)2/h6,9H,4-5H2,1-3H3. The van der Waals surface area contributed by atoms with Crippen LogP contribution in [0.4, 0.5) is 0 Å². The van der Waals surface area contributed by atoms with E-state index in [4.69, 9.17) is 9.84 Å². The molecule has 10 heavy (non-hydrogen) atoms. The molecule has 1 aliphatic heterocycles. The number of hydrogen-bond donors (Lipinski definition) is 1. The summed E-state index contributed by atoms with van der Waals surface area (Å²) >= 11 is 0. The molecule has 2 unspecified atom stereocenters. The van der Waals surface area contributed by atoms with Crippen LogP contribution in [-0.2, 0) is 4.74 Å². The lowest BCUT2D eigenvalue weighted by atomic mass is 9.85. The Morgan fingerprint density at radius 3 is 2.60 bits per heavy atom. The summed E-state index contributed by atoms with van der Waals surface area (Å²) in [5, 5.41) is 9.00. The Kier molecular flexibility index (Phi) is 1.99. The maximum atomic E-state index is 9.00. The molecule has 1 N–H and O–H groups in total. The molecule has 1 rings (SSSR count). The van der Waals surface area contributed by atoms with Crippen molar-refractivity contribution in [1.82, 2.24) is 4.90 Å². The van der Waals surface area contributed by atoms with E-state index in [2.05, 4.69) is 4.90 Å². The van der Waals surface area contributed by atoms with Gasteiger partial charge in [0.2, 0.25) is 0 Å². The first-order valence-electron chi connectivity index (χ1n) is 3.50. The zero-order valence-electron chi connectivity index (χ0n) is 6.79. The van der Waals surface area contributed by atoms with Crippen LogP contribution in [0.1, 0.15) is 6.92 Å². The molecule has 2 atom stereocenters. The number of methoxy groups -OCH3 is 1. The van der Waals surface area contributed by atoms with E-state index in [1.165, 1.54) is 0 Å². The highest BCUT2D eigenvalue weighted by Crippen LogP contribution is 2.29. The van der Waals surface area contributed by atoms with Crippen molar-refractivity contribution in [3.63, 3.8) is 0 Å². The second kappa shape index (κ2) is 2.49. The number of likely N-dealkylation sites (N-methyl/N-ethyl adjacent to an activating group) is 1. The van der Waals surface area contributed by atoms with Crippen LogP contribution in [-0.4, -0.2) is 49.0 Å². The third kappa shape index (κ3) is 0.856. The molecule has 0 amide bonds. The molecule has 60 valence electrons. The van der Waals surface area contributed by atoms with Crippen LogP contribution in [0.5, 0.6) is 0 Å². The first-order valence-corrected chi connectivity index (χ1v) is 3.50. The fraction of sp³-hybridized carbons (Fsp3) is 1.00. The lowest BCUT2D eigenvalue weighted by Gasteiger charge is -2.53. The van der Waals surface area contributed by atoms with Crippen LogP contribution >= 0.6 is 0 Å². The summed E-state index contributed by atoms with van der Waals surface area (Å²) in [7, 11) is 3.68. The predicted molar refractivity (Wildman–Crippen MR) is 38.9 cm³/mol. The highest BCUT2D eigenvalue weighted by atomic mass is 16.5. The van der Waals surface area contributed by atoms with Gasteiger partial charge in [0.05, 0.1) is 18.2 Å². The minimum absolute atomic E-state index is 0.144. The molecule has 0 saturated carbocycles. The average molecular weight is 145 g/mol. The summed E-state index contributed by atoms with van der Waals surface area (Å²) in [6.45, 7) is 3.10. The Hall–Kier alpha value is -0.120. The Morgan fingerprint density at radius 2 is 2.40 bits per heavy atom. The first kappa shape index (κ1) is 7.98. The van der Waals surface area contributed by atoms with Gasteiger partial charge in [-0.1, -0.05) is 0 Å². The van der Waals surface area contributed by atoms with Crippen LogP contribution in [0.3, 0.4) is 0 Å². The predicted octanol–water partition coefficient (Wildman–Crippen LogP) is -0.302. The van der Waals surface area contributed by atoms with Gasteiger partial charge in [0.15, 0.2) is 0 Å². The van der Waals surface area contributed by atoms with E-state index in [1.807, 2.05) is 14.0 Å². The second-order valence-corrected chi connectivity index (χ2v) is 3.12.